The van der Waals surface area contributed by atoms with Crippen LogP contribution in [-0.2, 0) is 4.79 Å². The Labute approximate surface area is 66.4 Å². The third-order valence-electron chi connectivity index (χ3n) is 1.03. The van der Waals surface area contributed by atoms with E-state index in [9.17, 15) is 4.79 Å². The molecule has 3 nitrogen and oxygen atoms in total. The van der Waals surface area contributed by atoms with Gasteiger partial charge in [0.2, 0.25) is 0 Å². The second-order valence-electron chi connectivity index (χ2n) is 1.72. The molecule has 9 heavy (non-hydrogen) atoms. The number of nitrogens with zero attached hydrogens (tertiary/aromatic N) is 2. The first-order valence-corrected chi connectivity index (χ1v) is 3.71. The van der Waals surface area contributed by atoms with Crippen molar-refractivity contribution in [3.63, 3.8) is 0 Å². The highest BCUT2D eigenvalue weighted by molar-refractivity contribution is 14.1. The van der Waals surface area contributed by atoms with Gasteiger partial charge in [-0.2, -0.15) is 0 Å². The molecule has 1 aliphatic rings. The number of hydrogen-bond donors (Lipinski definition) is 0. The predicted octanol–water partition coefficient (Wildman–Crippen LogP) is 0.819. The van der Waals surface area contributed by atoms with Gasteiger partial charge >= 0.3 is 0 Å². The smallest absolute Gasteiger partial charge is 0.265 e. The maximum absolute atomic E-state index is 10.7. The SMILES string of the molecule is CC1=NC=NC(=O)C1I. The van der Waals surface area contributed by atoms with E-state index < -0.39 is 0 Å². The summed E-state index contributed by atoms with van der Waals surface area (Å²) < 4.78 is -0.146. The van der Waals surface area contributed by atoms with Crippen molar-refractivity contribution < 1.29 is 4.79 Å². The van der Waals surface area contributed by atoms with Crippen molar-refractivity contribution >= 4 is 40.5 Å². The van der Waals surface area contributed by atoms with Gasteiger partial charge in [-0.3, -0.25) is 4.79 Å². The van der Waals surface area contributed by atoms with Crippen LogP contribution in [-0.4, -0.2) is 21.9 Å². The quantitative estimate of drug-likeness (QED) is 0.453. The lowest BCUT2D eigenvalue weighted by molar-refractivity contribution is -0.116. The molecule has 1 unspecified atom stereocenters. The summed E-state index contributed by atoms with van der Waals surface area (Å²) in [7, 11) is 0. The summed E-state index contributed by atoms with van der Waals surface area (Å²) >= 11 is 2.01. The minimum Gasteiger partial charge on any atom is -0.271 e. The Morgan fingerprint density at radius 3 is 2.89 bits per heavy atom. The average Bonchev–Trinajstić information content (AvgIpc) is 1.83. The summed E-state index contributed by atoms with van der Waals surface area (Å²) in [5.74, 6) is -0.108. The molecular weight excluding hydrogens is 231 g/mol. The number of halogens is 1. The highest BCUT2D eigenvalue weighted by atomic mass is 127. The second kappa shape index (κ2) is 2.55. The van der Waals surface area contributed by atoms with Crippen molar-refractivity contribution in [2.24, 2.45) is 9.98 Å². The number of hydrogen-bond acceptors (Lipinski definition) is 2. The van der Waals surface area contributed by atoms with Gasteiger partial charge in [0.05, 0.1) is 0 Å². The van der Waals surface area contributed by atoms with E-state index in [1.807, 2.05) is 29.5 Å². The first-order chi connectivity index (χ1) is 4.22. The van der Waals surface area contributed by atoms with Crippen molar-refractivity contribution in [1.29, 1.82) is 0 Å². The second-order valence-corrected chi connectivity index (χ2v) is 2.96. The van der Waals surface area contributed by atoms with E-state index in [1.165, 1.54) is 6.34 Å². The zero-order chi connectivity index (χ0) is 6.85. The maximum atomic E-state index is 10.7. The first kappa shape index (κ1) is 6.85. The molecule has 1 aliphatic heterocycles. The summed E-state index contributed by atoms with van der Waals surface area (Å²) in [6.07, 6.45) is 1.30. The molecule has 1 amide bonds. The largest absolute Gasteiger partial charge is 0.271 e. The molecule has 4 heteroatoms. The summed E-state index contributed by atoms with van der Waals surface area (Å²) in [5.41, 5.74) is 0.829. The summed E-state index contributed by atoms with van der Waals surface area (Å²) in [5, 5.41) is 0. The number of rotatable bonds is 0. The first-order valence-electron chi connectivity index (χ1n) is 2.46. The van der Waals surface area contributed by atoms with Crippen LogP contribution < -0.4 is 0 Å². The molecule has 0 spiro atoms. The molecule has 0 aliphatic carbocycles. The van der Waals surface area contributed by atoms with Crippen molar-refractivity contribution in [3.8, 4) is 0 Å². The van der Waals surface area contributed by atoms with E-state index in [0.717, 1.165) is 5.71 Å². The topological polar surface area (TPSA) is 41.8 Å². The van der Waals surface area contributed by atoms with Crippen LogP contribution >= 0.6 is 22.6 Å². The minimum absolute atomic E-state index is 0.108. The number of amides is 1. The molecule has 0 saturated heterocycles. The fraction of sp³-hybridized carbons (Fsp3) is 0.400. The van der Waals surface area contributed by atoms with Crippen LogP contribution in [0.2, 0.25) is 0 Å². The van der Waals surface area contributed by atoms with E-state index in [2.05, 4.69) is 9.98 Å². The number of aliphatic imine (C=N–C) groups is 2. The van der Waals surface area contributed by atoms with Gasteiger partial charge in [-0.15, -0.1) is 0 Å². The van der Waals surface area contributed by atoms with Crippen LogP contribution in [0.5, 0.6) is 0 Å². The third-order valence-corrected chi connectivity index (χ3v) is 2.46. The molecular formula is C5H5IN2O. The Morgan fingerprint density at radius 2 is 2.44 bits per heavy atom. The van der Waals surface area contributed by atoms with Gasteiger partial charge in [-0.05, 0) is 6.92 Å². The Morgan fingerprint density at radius 1 is 1.78 bits per heavy atom. The van der Waals surface area contributed by atoms with Gasteiger partial charge < -0.3 is 0 Å². The maximum Gasteiger partial charge on any atom is 0.265 e. The van der Waals surface area contributed by atoms with Crippen LogP contribution in [0, 0.1) is 0 Å². The standard InChI is InChI=1S/C5H5IN2O/c1-3-4(6)5(9)8-2-7-3/h2,4H,1H3. The highest BCUT2D eigenvalue weighted by Gasteiger charge is 2.18. The summed E-state index contributed by atoms with van der Waals surface area (Å²) in [6.45, 7) is 1.82. The lowest BCUT2D eigenvalue weighted by atomic mass is 10.3. The lowest BCUT2D eigenvalue weighted by Gasteiger charge is -2.05. The number of carbonyl (C=O) groups excluding carboxylic acids is 1. The van der Waals surface area contributed by atoms with Crippen LogP contribution in [0.4, 0.5) is 0 Å². The van der Waals surface area contributed by atoms with Crippen LogP contribution in [0.1, 0.15) is 6.92 Å². The molecule has 0 aromatic carbocycles. The van der Waals surface area contributed by atoms with Crippen molar-refractivity contribution in [2.45, 2.75) is 10.8 Å². The molecule has 0 saturated carbocycles. The fourth-order valence-corrected chi connectivity index (χ4v) is 0.808. The van der Waals surface area contributed by atoms with Gasteiger partial charge in [0.25, 0.3) is 5.91 Å². The van der Waals surface area contributed by atoms with E-state index in [4.69, 9.17) is 0 Å². The zero-order valence-corrected chi connectivity index (χ0v) is 6.99. The van der Waals surface area contributed by atoms with Crippen LogP contribution in [0.25, 0.3) is 0 Å². The van der Waals surface area contributed by atoms with Crippen molar-refractivity contribution in [3.05, 3.63) is 0 Å². The Hall–Kier alpha value is -0.260. The Balaban J connectivity index is 2.86. The summed E-state index contributed by atoms with van der Waals surface area (Å²) in [4.78, 5) is 18.1. The van der Waals surface area contributed by atoms with E-state index in [-0.39, 0.29) is 9.83 Å². The molecule has 1 atom stereocenters. The van der Waals surface area contributed by atoms with Gasteiger partial charge in [0.1, 0.15) is 10.3 Å². The van der Waals surface area contributed by atoms with Gasteiger partial charge in [0.15, 0.2) is 0 Å². The molecule has 1 heterocycles. The monoisotopic (exact) mass is 236 g/mol. The van der Waals surface area contributed by atoms with E-state index >= 15 is 0 Å². The van der Waals surface area contributed by atoms with Crippen LogP contribution in [0.15, 0.2) is 9.98 Å². The molecule has 0 N–H and O–H groups in total. The molecule has 0 aromatic rings. The number of alkyl halides is 1. The lowest BCUT2D eigenvalue weighted by Crippen LogP contribution is -2.23. The van der Waals surface area contributed by atoms with Crippen molar-refractivity contribution in [2.75, 3.05) is 0 Å². The fourth-order valence-electron chi connectivity index (χ4n) is 0.486. The third kappa shape index (κ3) is 1.35. The molecule has 48 valence electrons. The van der Waals surface area contributed by atoms with Gasteiger partial charge in [-0.25, -0.2) is 9.98 Å². The Kier molecular flexibility index (Phi) is 1.94. The average molecular weight is 236 g/mol. The normalized spacial score (nSPS) is 26.2. The van der Waals surface area contributed by atoms with Gasteiger partial charge in [0, 0.05) is 5.71 Å². The molecule has 0 aromatic heterocycles. The number of carbonyl (C=O) groups is 1. The highest BCUT2D eigenvalue weighted by Crippen LogP contribution is 2.07. The Bertz CT molecular complexity index is 197. The molecule has 0 radical (unpaired) electrons. The molecule has 1 rings (SSSR count). The summed E-state index contributed by atoms with van der Waals surface area (Å²) in [6, 6.07) is 0. The predicted molar refractivity (Wildman–Crippen MR) is 44.4 cm³/mol. The van der Waals surface area contributed by atoms with E-state index in [1.54, 1.807) is 0 Å². The van der Waals surface area contributed by atoms with Crippen molar-refractivity contribution in [1.82, 2.24) is 0 Å². The van der Waals surface area contributed by atoms with E-state index in [0.29, 0.717) is 0 Å². The molecule has 0 fully saturated rings. The van der Waals surface area contributed by atoms with Gasteiger partial charge in [-0.1, -0.05) is 22.6 Å². The van der Waals surface area contributed by atoms with Crippen LogP contribution in [0.3, 0.4) is 0 Å². The minimum atomic E-state index is -0.146. The molecule has 0 bridgehead atoms. The zero-order valence-electron chi connectivity index (χ0n) is 4.84.